The van der Waals surface area contributed by atoms with Gasteiger partial charge < -0.3 is 14.8 Å². The Morgan fingerprint density at radius 3 is 2.89 bits per heavy atom. The van der Waals surface area contributed by atoms with E-state index in [1.54, 1.807) is 20.8 Å². The van der Waals surface area contributed by atoms with Gasteiger partial charge in [-0.25, -0.2) is 19.1 Å². The van der Waals surface area contributed by atoms with Crippen molar-refractivity contribution < 1.29 is 19.1 Å². The number of aromatic nitrogens is 2. The number of rotatable bonds is 1. The van der Waals surface area contributed by atoms with Gasteiger partial charge in [0.2, 0.25) is 0 Å². The SMILES string of the molecule is CC(C)(C)OC(=O)n1cnc(C2COC(=O)N2)c1. The minimum atomic E-state index is -0.563. The maximum Gasteiger partial charge on any atom is 0.419 e. The molecule has 7 nitrogen and oxygen atoms in total. The maximum atomic E-state index is 11.7. The van der Waals surface area contributed by atoms with Gasteiger partial charge in [0.15, 0.2) is 0 Å². The van der Waals surface area contributed by atoms with E-state index in [9.17, 15) is 9.59 Å². The van der Waals surface area contributed by atoms with Crippen LogP contribution in [-0.4, -0.2) is 33.9 Å². The van der Waals surface area contributed by atoms with Gasteiger partial charge in [-0.05, 0) is 20.8 Å². The minimum absolute atomic E-state index is 0.212. The average molecular weight is 253 g/mol. The molecule has 1 N–H and O–H groups in total. The van der Waals surface area contributed by atoms with Crippen LogP contribution in [0.3, 0.4) is 0 Å². The highest BCUT2D eigenvalue weighted by Crippen LogP contribution is 2.16. The predicted octanol–water partition coefficient (Wildman–Crippen LogP) is 1.45. The fraction of sp³-hybridized carbons (Fsp3) is 0.545. The summed E-state index contributed by atoms with van der Waals surface area (Å²) in [6.45, 7) is 5.57. The Morgan fingerprint density at radius 1 is 1.61 bits per heavy atom. The summed E-state index contributed by atoms with van der Waals surface area (Å²) >= 11 is 0. The van der Waals surface area contributed by atoms with E-state index in [-0.39, 0.29) is 12.6 Å². The van der Waals surface area contributed by atoms with Crippen LogP contribution in [0.15, 0.2) is 12.5 Å². The second-order valence-electron chi connectivity index (χ2n) is 4.98. The zero-order valence-electron chi connectivity index (χ0n) is 10.5. The molecule has 0 aliphatic carbocycles. The third-order valence-electron chi connectivity index (χ3n) is 2.24. The lowest BCUT2D eigenvalue weighted by atomic mass is 10.2. The van der Waals surface area contributed by atoms with E-state index >= 15 is 0 Å². The molecule has 1 aliphatic rings. The fourth-order valence-electron chi connectivity index (χ4n) is 1.48. The molecule has 1 aromatic rings. The van der Waals surface area contributed by atoms with Crippen LogP contribution >= 0.6 is 0 Å². The van der Waals surface area contributed by atoms with Crippen molar-refractivity contribution >= 4 is 12.2 Å². The number of nitrogens with zero attached hydrogens (tertiary/aromatic N) is 2. The molecule has 1 amide bonds. The van der Waals surface area contributed by atoms with E-state index in [1.807, 2.05) is 0 Å². The van der Waals surface area contributed by atoms with Crippen molar-refractivity contribution in [3.05, 3.63) is 18.2 Å². The number of hydrogen-bond donors (Lipinski definition) is 1. The van der Waals surface area contributed by atoms with E-state index < -0.39 is 17.8 Å². The number of amides is 1. The summed E-state index contributed by atoms with van der Waals surface area (Å²) in [5.41, 5.74) is -0.00152. The highest BCUT2D eigenvalue weighted by atomic mass is 16.6. The molecule has 18 heavy (non-hydrogen) atoms. The highest BCUT2D eigenvalue weighted by molar-refractivity contribution is 5.71. The number of alkyl carbamates (subject to hydrolysis) is 1. The van der Waals surface area contributed by atoms with Crippen LogP contribution in [0.4, 0.5) is 9.59 Å². The zero-order chi connectivity index (χ0) is 13.3. The summed E-state index contributed by atoms with van der Waals surface area (Å²) in [7, 11) is 0. The quantitative estimate of drug-likeness (QED) is 0.819. The molecule has 2 heterocycles. The molecule has 98 valence electrons. The molecule has 0 bridgehead atoms. The summed E-state index contributed by atoms with van der Waals surface area (Å²) in [4.78, 5) is 26.7. The second-order valence-corrected chi connectivity index (χ2v) is 4.98. The third kappa shape index (κ3) is 2.79. The lowest BCUT2D eigenvalue weighted by molar-refractivity contribution is 0.0536. The Bertz CT molecular complexity index is 475. The van der Waals surface area contributed by atoms with Crippen LogP contribution in [0.1, 0.15) is 32.5 Å². The Morgan fingerprint density at radius 2 is 2.33 bits per heavy atom. The Kier molecular flexibility index (Phi) is 2.98. The predicted molar refractivity (Wildman–Crippen MR) is 61.1 cm³/mol. The van der Waals surface area contributed by atoms with Gasteiger partial charge in [-0.3, -0.25) is 0 Å². The number of carbonyl (C=O) groups excluding carboxylic acids is 2. The first kappa shape index (κ1) is 12.4. The monoisotopic (exact) mass is 253 g/mol. The second kappa shape index (κ2) is 4.32. The standard InChI is InChI=1S/C11H15N3O4/c1-11(2,3)18-10(16)14-4-7(12-6-14)8-5-17-9(15)13-8/h4,6,8H,5H2,1-3H3,(H,13,15). The highest BCUT2D eigenvalue weighted by Gasteiger charge is 2.26. The molecule has 1 aliphatic heterocycles. The van der Waals surface area contributed by atoms with Gasteiger partial charge in [0.1, 0.15) is 24.6 Å². The summed E-state index contributed by atoms with van der Waals surface area (Å²) < 4.78 is 11.2. The summed E-state index contributed by atoms with van der Waals surface area (Å²) in [5.74, 6) is 0. The number of cyclic esters (lactones) is 1. The van der Waals surface area contributed by atoms with Gasteiger partial charge in [-0.2, -0.15) is 0 Å². The molecule has 1 atom stereocenters. The molecule has 1 unspecified atom stereocenters. The lowest BCUT2D eigenvalue weighted by Gasteiger charge is -2.19. The van der Waals surface area contributed by atoms with Crippen molar-refractivity contribution in [2.45, 2.75) is 32.4 Å². The Hall–Kier alpha value is -2.05. The molecular weight excluding hydrogens is 238 g/mol. The van der Waals surface area contributed by atoms with Crippen LogP contribution in [0.25, 0.3) is 0 Å². The first-order chi connectivity index (χ1) is 8.35. The van der Waals surface area contributed by atoms with Crippen molar-refractivity contribution in [2.24, 2.45) is 0 Å². The van der Waals surface area contributed by atoms with E-state index in [0.717, 1.165) is 0 Å². The number of ether oxygens (including phenoxy) is 2. The van der Waals surface area contributed by atoms with Crippen LogP contribution in [0.5, 0.6) is 0 Å². The van der Waals surface area contributed by atoms with E-state index in [2.05, 4.69) is 10.3 Å². The van der Waals surface area contributed by atoms with Crippen molar-refractivity contribution in [3.8, 4) is 0 Å². The van der Waals surface area contributed by atoms with Crippen molar-refractivity contribution in [1.29, 1.82) is 0 Å². The normalized spacial score (nSPS) is 19.3. The zero-order valence-corrected chi connectivity index (χ0v) is 10.5. The fourth-order valence-corrected chi connectivity index (χ4v) is 1.48. The van der Waals surface area contributed by atoms with Crippen LogP contribution in [0, 0.1) is 0 Å². The number of nitrogens with one attached hydrogen (secondary N) is 1. The molecule has 2 rings (SSSR count). The smallest absolute Gasteiger partial charge is 0.419 e. The summed E-state index contributed by atoms with van der Waals surface area (Å²) in [5, 5.41) is 2.58. The topological polar surface area (TPSA) is 82.5 Å². The van der Waals surface area contributed by atoms with Gasteiger partial charge in [0.25, 0.3) is 0 Å². The average Bonchev–Trinajstić information content (AvgIpc) is 2.82. The number of hydrogen-bond acceptors (Lipinski definition) is 5. The lowest BCUT2D eigenvalue weighted by Crippen LogP contribution is -2.26. The van der Waals surface area contributed by atoms with Gasteiger partial charge in [-0.15, -0.1) is 0 Å². The van der Waals surface area contributed by atoms with E-state index in [4.69, 9.17) is 9.47 Å². The van der Waals surface area contributed by atoms with Crippen molar-refractivity contribution in [1.82, 2.24) is 14.9 Å². The molecular formula is C11H15N3O4. The van der Waals surface area contributed by atoms with E-state index in [0.29, 0.717) is 5.69 Å². The molecule has 7 heteroatoms. The van der Waals surface area contributed by atoms with Crippen LogP contribution < -0.4 is 5.32 Å². The molecule has 0 saturated carbocycles. The summed E-state index contributed by atoms with van der Waals surface area (Å²) in [6, 6.07) is -0.318. The maximum absolute atomic E-state index is 11.7. The molecule has 0 spiro atoms. The van der Waals surface area contributed by atoms with Gasteiger partial charge in [0.05, 0.1) is 5.69 Å². The first-order valence-corrected chi connectivity index (χ1v) is 5.56. The van der Waals surface area contributed by atoms with Gasteiger partial charge in [-0.1, -0.05) is 0 Å². The number of imidazole rings is 1. The van der Waals surface area contributed by atoms with Gasteiger partial charge in [0, 0.05) is 6.20 Å². The van der Waals surface area contributed by atoms with E-state index in [1.165, 1.54) is 17.1 Å². The third-order valence-corrected chi connectivity index (χ3v) is 2.24. The summed E-state index contributed by atoms with van der Waals surface area (Å²) in [6.07, 6.45) is 1.89. The molecule has 0 aromatic carbocycles. The molecule has 1 aromatic heterocycles. The largest absolute Gasteiger partial charge is 0.447 e. The molecule has 1 fully saturated rings. The van der Waals surface area contributed by atoms with Gasteiger partial charge >= 0.3 is 12.2 Å². The molecule has 0 radical (unpaired) electrons. The van der Waals surface area contributed by atoms with Crippen LogP contribution in [-0.2, 0) is 9.47 Å². The molecule has 1 saturated heterocycles. The van der Waals surface area contributed by atoms with Crippen molar-refractivity contribution in [3.63, 3.8) is 0 Å². The minimum Gasteiger partial charge on any atom is -0.447 e. The number of carbonyl (C=O) groups is 2. The Labute approximate surface area is 104 Å². The Balaban J connectivity index is 2.06. The first-order valence-electron chi connectivity index (χ1n) is 5.56. The van der Waals surface area contributed by atoms with Crippen molar-refractivity contribution in [2.75, 3.05) is 6.61 Å². The van der Waals surface area contributed by atoms with Crippen LogP contribution in [0.2, 0.25) is 0 Å².